The Kier molecular flexibility index (Phi) is 26.3. The van der Waals surface area contributed by atoms with Crippen LogP contribution in [-0.2, 0) is 9.53 Å². The number of nitrogens with zero attached hydrogens (tertiary/aromatic N) is 1. The van der Waals surface area contributed by atoms with Crippen LogP contribution in [0.1, 0.15) is 144 Å². The van der Waals surface area contributed by atoms with Crippen LogP contribution in [0.25, 0.3) is 0 Å². The monoisotopic (exact) mass is 456 g/mol. The number of rotatable bonds is 21. The third kappa shape index (κ3) is 29.4. The van der Waals surface area contributed by atoms with Gasteiger partial charge in [-0.3, -0.25) is 4.79 Å². The molecule has 0 amide bonds. The number of hydrogen-bond donors (Lipinski definition) is 0. The molecule has 0 saturated carbocycles. The number of hydrogen-bond acceptors (Lipinski definition) is 2. The second-order valence-corrected chi connectivity index (χ2v) is 10.7. The molecule has 194 valence electrons. The lowest BCUT2D eigenvalue weighted by molar-refractivity contribution is -0.890. The molecule has 0 aliphatic rings. The van der Waals surface area contributed by atoms with E-state index in [9.17, 15) is 4.79 Å². The maximum Gasteiger partial charge on any atom is 0.305 e. The van der Waals surface area contributed by atoms with Gasteiger partial charge in [0.25, 0.3) is 0 Å². The molecule has 0 atom stereocenters. The van der Waals surface area contributed by atoms with E-state index in [1.807, 2.05) is 6.92 Å². The Labute approximate surface area is 203 Å². The summed E-state index contributed by atoms with van der Waals surface area (Å²) in [5, 5.41) is 0. The molecule has 0 rings (SSSR count). The summed E-state index contributed by atoms with van der Waals surface area (Å²) in [7, 11) is 4.85. The molecular weight excluding hydrogens is 394 g/mol. The van der Waals surface area contributed by atoms with Crippen molar-refractivity contribution in [3.8, 4) is 0 Å². The standard InChI is InChI=1S/C21H46N.C8H16O2/c1-6-7-8-9-10-11-13-16-19-22(4,5)20-17-14-12-15-18-21(2)3;1-3-5-6-7-8(9)10-4-2/h21H,6-20H2,1-5H3;3-7H2,1-2H3/q+1;. The smallest absolute Gasteiger partial charge is 0.305 e. The Hall–Kier alpha value is -0.570. The highest BCUT2D eigenvalue weighted by molar-refractivity contribution is 5.69. The van der Waals surface area contributed by atoms with Crippen LogP contribution in [0.2, 0.25) is 0 Å². The van der Waals surface area contributed by atoms with Gasteiger partial charge in [-0.2, -0.15) is 0 Å². The summed E-state index contributed by atoms with van der Waals surface area (Å²) in [5.41, 5.74) is 0. The fraction of sp³-hybridized carbons (Fsp3) is 0.966. The van der Waals surface area contributed by atoms with Gasteiger partial charge in [0, 0.05) is 6.42 Å². The Morgan fingerprint density at radius 1 is 0.656 bits per heavy atom. The van der Waals surface area contributed by atoms with Gasteiger partial charge < -0.3 is 9.22 Å². The first kappa shape index (κ1) is 33.6. The van der Waals surface area contributed by atoms with Crippen LogP contribution in [-0.4, -0.2) is 44.2 Å². The van der Waals surface area contributed by atoms with Crippen molar-refractivity contribution in [1.29, 1.82) is 0 Å². The zero-order valence-electron chi connectivity index (χ0n) is 23.5. The highest BCUT2D eigenvalue weighted by Crippen LogP contribution is 2.13. The molecule has 0 N–H and O–H groups in total. The van der Waals surface area contributed by atoms with Crippen LogP contribution in [0, 0.1) is 5.92 Å². The highest BCUT2D eigenvalue weighted by atomic mass is 16.5. The van der Waals surface area contributed by atoms with E-state index < -0.39 is 0 Å². The van der Waals surface area contributed by atoms with Crippen molar-refractivity contribution in [2.75, 3.05) is 33.8 Å². The minimum Gasteiger partial charge on any atom is -0.466 e. The molecule has 3 nitrogen and oxygen atoms in total. The Bertz CT molecular complexity index is 379. The molecule has 3 heteroatoms. The molecule has 0 aliphatic carbocycles. The molecule has 0 saturated heterocycles. The fourth-order valence-electron chi connectivity index (χ4n) is 3.98. The largest absolute Gasteiger partial charge is 0.466 e. The Balaban J connectivity index is 0. The van der Waals surface area contributed by atoms with Gasteiger partial charge in [-0.05, 0) is 44.9 Å². The highest BCUT2D eigenvalue weighted by Gasteiger charge is 2.13. The summed E-state index contributed by atoms with van der Waals surface area (Å²) in [5.74, 6) is 0.824. The lowest BCUT2D eigenvalue weighted by atomic mass is 10.0. The van der Waals surface area contributed by atoms with E-state index >= 15 is 0 Å². The summed E-state index contributed by atoms with van der Waals surface area (Å²) in [6, 6.07) is 0. The van der Waals surface area contributed by atoms with Crippen molar-refractivity contribution < 1.29 is 14.0 Å². The van der Waals surface area contributed by atoms with E-state index in [0.717, 1.165) is 25.2 Å². The van der Waals surface area contributed by atoms with E-state index in [1.54, 1.807) is 0 Å². The predicted molar refractivity (Wildman–Crippen MR) is 143 cm³/mol. The van der Waals surface area contributed by atoms with E-state index in [0.29, 0.717) is 13.0 Å². The summed E-state index contributed by atoms with van der Waals surface area (Å²) in [6.07, 6.45) is 22.5. The first-order valence-corrected chi connectivity index (χ1v) is 14.3. The Morgan fingerprint density at radius 3 is 1.56 bits per heavy atom. The average molecular weight is 457 g/mol. The number of quaternary nitrogens is 1. The second-order valence-electron chi connectivity index (χ2n) is 10.7. The number of carbonyl (C=O) groups is 1. The van der Waals surface area contributed by atoms with Gasteiger partial charge in [0.2, 0.25) is 0 Å². The minimum atomic E-state index is -0.0593. The molecule has 0 fully saturated rings. The van der Waals surface area contributed by atoms with Crippen LogP contribution in [0.3, 0.4) is 0 Å². The first-order valence-electron chi connectivity index (χ1n) is 14.3. The zero-order valence-corrected chi connectivity index (χ0v) is 23.5. The van der Waals surface area contributed by atoms with E-state index in [-0.39, 0.29) is 5.97 Å². The molecule has 0 radical (unpaired) electrons. The van der Waals surface area contributed by atoms with Crippen molar-refractivity contribution in [2.45, 2.75) is 144 Å². The molecule has 0 bridgehead atoms. The maximum absolute atomic E-state index is 10.7. The number of unbranched alkanes of at least 4 members (excludes halogenated alkanes) is 12. The van der Waals surface area contributed by atoms with Crippen LogP contribution < -0.4 is 0 Å². The first-order chi connectivity index (χ1) is 15.3. The topological polar surface area (TPSA) is 26.3 Å². The van der Waals surface area contributed by atoms with E-state index in [2.05, 4.69) is 41.8 Å². The van der Waals surface area contributed by atoms with Crippen molar-refractivity contribution in [2.24, 2.45) is 5.92 Å². The SMILES string of the molecule is CCCCCC(=O)OCC.CCCCCCCCCC[N+](C)(C)CCCCCCC(C)C. The van der Waals surface area contributed by atoms with Gasteiger partial charge in [0.1, 0.15) is 0 Å². The lowest BCUT2D eigenvalue weighted by Gasteiger charge is -2.30. The molecule has 0 unspecified atom stereocenters. The summed E-state index contributed by atoms with van der Waals surface area (Å²) in [6.45, 7) is 14.2. The van der Waals surface area contributed by atoms with Crippen molar-refractivity contribution in [3.05, 3.63) is 0 Å². The molecule has 32 heavy (non-hydrogen) atoms. The average Bonchev–Trinajstić information content (AvgIpc) is 2.73. The van der Waals surface area contributed by atoms with Crippen molar-refractivity contribution in [3.63, 3.8) is 0 Å². The normalized spacial score (nSPS) is 11.4. The van der Waals surface area contributed by atoms with E-state index in [4.69, 9.17) is 4.74 Å². The summed E-state index contributed by atoms with van der Waals surface area (Å²) < 4.78 is 5.99. The zero-order chi connectivity index (χ0) is 24.5. The van der Waals surface area contributed by atoms with Gasteiger partial charge in [-0.1, -0.05) is 98.3 Å². The lowest BCUT2D eigenvalue weighted by Crippen LogP contribution is -2.41. The van der Waals surface area contributed by atoms with Crippen LogP contribution in [0.15, 0.2) is 0 Å². The molecule has 0 aromatic heterocycles. The van der Waals surface area contributed by atoms with Crippen LogP contribution in [0.5, 0.6) is 0 Å². The summed E-state index contributed by atoms with van der Waals surface area (Å²) in [4.78, 5) is 10.7. The number of carbonyl (C=O) groups excluding carboxylic acids is 1. The molecule has 0 heterocycles. The molecule has 0 aromatic carbocycles. The minimum absolute atomic E-state index is 0.0593. The molecule has 0 aliphatic heterocycles. The molecule has 0 spiro atoms. The van der Waals surface area contributed by atoms with Gasteiger partial charge in [-0.25, -0.2) is 0 Å². The van der Waals surface area contributed by atoms with Gasteiger partial charge >= 0.3 is 5.97 Å². The number of ether oxygens (including phenoxy) is 1. The fourth-order valence-corrected chi connectivity index (χ4v) is 3.98. The third-order valence-corrected chi connectivity index (χ3v) is 6.20. The van der Waals surface area contributed by atoms with Gasteiger partial charge in [0.15, 0.2) is 0 Å². The van der Waals surface area contributed by atoms with Crippen molar-refractivity contribution >= 4 is 5.97 Å². The summed E-state index contributed by atoms with van der Waals surface area (Å²) >= 11 is 0. The third-order valence-electron chi connectivity index (χ3n) is 6.20. The van der Waals surface area contributed by atoms with Crippen LogP contribution in [0.4, 0.5) is 0 Å². The predicted octanol–water partition coefficient (Wildman–Crippen LogP) is 8.94. The van der Waals surface area contributed by atoms with Crippen LogP contribution >= 0.6 is 0 Å². The number of esters is 1. The second kappa shape index (κ2) is 25.1. The quantitative estimate of drug-likeness (QED) is 0.0978. The van der Waals surface area contributed by atoms with E-state index in [1.165, 1.54) is 101 Å². The Morgan fingerprint density at radius 2 is 1.09 bits per heavy atom. The molecular formula is C29H62NO2+. The van der Waals surface area contributed by atoms with Crippen molar-refractivity contribution in [1.82, 2.24) is 0 Å². The van der Waals surface area contributed by atoms with Gasteiger partial charge in [0.05, 0.1) is 33.8 Å². The molecule has 0 aromatic rings. The van der Waals surface area contributed by atoms with Gasteiger partial charge in [-0.15, -0.1) is 0 Å². The maximum atomic E-state index is 10.7.